The average molecular weight is 336 g/mol. The molecule has 5 nitrogen and oxygen atoms in total. The Morgan fingerprint density at radius 1 is 1.32 bits per heavy atom. The van der Waals surface area contributed by atoms with Crippen LogP contribution in [0.5, 0.6) is 0 Å². The first kappa shape index (κ1) is 17.1. The van der Waals surface area contributed by atoms with E-state index < -0.39 is 12.0 Å². The maximum absolute atomic E-state index is 12.7. The Morgan fingerprint density at radius 2 is 2.05 bits per heavy atom. The fourth-order valence-corrected chi connectivity index (χ4v) is 3.29. The summed E-state index contributed by atoms with van der Waals surface area (Å²) in [5.41, 5.74) is 0. The van der Waals surface area contributed by atoms with E-state index in [1.54, 1.807) is 16.7 Å². The smallest absolute Gasteiger partial charge is 0.333 e. The molecule has 124 valence electrons. The highest BCUT2D eigenvalue weighted by molar-refractivity contribution is 7.99. The van der Waals surface area contributed by atoms with Crippen LogP contribution in [0, 0.1) is 5.92 Å². The summed E-state index contributed by atoms with van der Waals surface area (Å²) in [7, 11) is 0. The van der Waals surface area contributed by atoms with Gasteiger partial charge in [-0.25, -0.2) is 0 Å². The third-order valence-corrected chi connectivity index (χ3v) is 4.40. The lowest BCUT2D eigenvalue weighted by molar-refractivity contribution is -0.148. The minimum absolute atomic E-state index is 0.0587. The van der Waals surface area contributed by atoms with Gasteiger partial charge in [0.2, 0.25) is 11.7 Å². The molecule has 0 unspecified atom stereocenters. The summed E-state index contributed by atoms with van der Waals surface area (Å²) in [4.78, 5) is 13.6. The van der Waals surface area contributed by atoms with Crippen molar-refractivity contribution >= 4 is 17.7 Å². The van der Waals surface area contributed by atoms with Crippen molar-refractivity contribution in [1.82, 2.24) is 19.7 Å². The van der Waals surface area contributed by atoms with Crippen molar-refractivity contribution in [2.24, 2.45) is 5.92 Å². The molecule has 0 aliphatic carbocycles. The van der Waals surface area contributed by atoms with E-state index >= 15 is 0 Å². The molecule has 0 radical (unpaired) electrons. The Kier molecular flexibility index (Phi) is 5.36. The molecule has 0 saturated heterocycles. The van der Waals surface area contributed by atoms with Gasteiger partial charge in [-0.05, 0) is 18.1 Å². The van der Waals surface area contributed by atoms with E-state index in [-0.39, 0.29) is 31.4 Å². The third-order valence-electron chi connectivity index (χ3n) is 3.42. The standard InChI is InChI=1S/C13H19F3N4OS/c1-9(2)3-6-22-8-11(21)19-4-5-20-10(7-19)17-18-12(20)13(14,15)16/h9H,3-8H2,1-2H3. The molecule has 0 fully saturated rings. The van der Waals surface area contributed by atoms with E-state index in [0.717, 1.165) is 16.7 Å². The maximum atomic E-state index is 12.7. The zero-order chi connectivity index (χ0) is 16.3. The molecule has 0 aromatic carbocycles. The summed E-state index contributed by atoms with van der Waals surface area (Å²) in [6.45, 7) is 4.68. The molecule has 0 saturated carbocycles. The molecule has 0 atom stereocenters. The van der Waals surface area contributed by atoms with Gasteiger partial charge in [0.15, 0.2) is 5.82 Å². The number of hydrogen-bond donors (Lipinski definition) is 0. The van der Waals surface area contributed by atoms with Gasteiger partial charge in [0, 0.05) is 13.1 Å². The number of alkyl halides is 3. The molecule has 22 heavy (non-hydrogen) atoms. The summed E-state index contributed by atoms with van der Waals surface area (Å²) < 4.78 is 39.2. The summed E-state index contributed by atoms with van der Waals surface area (Å²) in [6, 6.07) is 0. The first-order valence-corrected chi connectivity index (χ1v) is 8.29. The molecule has 1 amide bonds. The minimum Gasteiger partial charge on any atom is -0.333 e. The second-order valence-electron chi connectivity index (χ2n) is 5.64. The molecule has 0 spiro atoms. The normalized spacial score (nSPS) is 15.3. The Hall–Kier alpha value is -1.25. The number of thioether (sulfide) groups is 1. The lowest BCUT2D eigenvalue weighted by atomic mass is 10.2. The largest absolute Gasteiger partial charge is 0.451 e. The van der Waals surface area contributed by atoms with E-state index in [0.29, 0.717) is 11.7 Å². The van der Waals surface area contributed by atoms with Crippen LogP contribution in [0.15, 0.2) is 0 Å². The van der Waals surface area contributed by atoms with Gasteiger partial charge in [0.25, 0.3) is 0 Å². The molecule has 1 aromatic heterocycles. The van der Waals surface area contributed by atoms with Gasteiger partial charge in [-0.3, -0.25) is 4.79 Å². The first-order chi connectivity index (χ1) is 10.3. The van der Waals surface area contributed by atoms with Crippen LogP contribution in [-0.2, 0) is 24.1 Å². The zero-order valence-corrected chi connectivity index (χ0v) is 13.4. The van der Waals surface area contributed by atoms with Crippen LogP contribution >= 0.6 is 11.8 Å². The van der Waals surface area contributed by atoms with Gasteiger partial charge in [0.1, 0.15) is 0 Å². The summed E-state index contributed by atoms with van der Waals surface area (Å²) >= 11 is 1.56. The van der Waals surface area contributed by atoms with Crippen molar-refractivity contribution < 1.29 is 18.0 Å². The van der Waals surface area contributed by atoms with E-state index in [1.807, 2.05) is 0 Å². The lowest BCUT2D eigenvalue weighted by Crippen LogP contribution is -2.40. The maximum Gasteiger partial charge on any atom is 0.451 e. The quantitative estimate of drug-likeness (QED) is 0.775. The number of rotatable bonds is 5. The Balaban J connectivity index is 1.90. The van der Waals surface area contributed by atoms with Crippen LogP contribution in [-0.4, -0.2) is 43.6 Å². The fraction of sp³-hybridized carbons (Fsp3) is 0.769. The van der Waals surface area contributed by atoms with Crippen LogP contribution in [0.3, 0.4) is 0 Å². The van der Waals surface area contributed by atoms with Crippen LogP contribution in [0.4, 0.5) is 13.2 Å². The topological polar surface area (TPSA) is 51.0 Å². The van der Waals surface area contributed by atoms with Gasteiger partial charge < -0.3 is 9.47 Å². The van der Waals surface area contributed by atoms with Crippen molar-refractivity contribution in [2.75, 3.05) is 18.1 Å². The van der Waals surface area contributed by atoms with E-state index in [9.17, 15) is 18.0 Å². The minimum atomic E-state index is -4.51. The fourth-order valence-electron chi connectivity index (χ4n) is 2.15. The molecule has 9 heteroatoms. The number of nitrogens with zero attached hydrogens (tertiary/aromatic N) is 4. The predicted molar refractivity (Wildman–Crippen MR) is 77.2 cm³/mol. The number of fused-ring (bicyclic) bond motifs is 1. The van der Waals surface area contributed by atoms with Crippen molar-refractivity contribution in [3.63, 3.8) is 0 Å². The molecule has 2 heterocycles. The van der Waals surface area contributed by atoms with Crippen LogP contribution in [0.2, 0.25) is 0 Å². The number of carbonyl (C=O) groups is 1. The van der Waals surface area contributed by atoms with Crippen LogP contribution in [0.25, 0.3) is 0 Å². The molecular formula is C13H19F3N4OS. The van der Waals surface area contributed by atoms with Gasteiger partial charge in [-0.1, -0.05) is 13.8 Å². The van der Waals surface area contributed by atoms with E-state index in [2.05, 4.69) is 24.0 Å². The van der Waals surface area contributed by atoms with Gasteiger partial charge in [-0.2, -0.15) is 24.9 Å². The number of amides is 1. The number of halogens is 3. The summed E-state index contributed by atoms with van der Waals surface area (Å²) in [5.74, 6) is 1.01. The summed E-state index contributed by atoms with van der Waals surface area (Å²) in [5, 5.41) is 6.77. The monoisotopic (exact) mass is 336 g/mol. The molecular weight excluding hydrogens is 317 g/mol. The number of aromatic nitrogens is 3. The van der Waals surface area contributed by atoms with Gasteiger partial charge in [-0.15, -0.1) is 10.2 Å². The third kappa shape index (κ3) is 4.15. The highest BCUT2D eigenvalue weighted by Crippen LogP contribution is 2.29. The van der Waals surface area contributed by atoms with Crippen molar-refractivity contribution in [2.45, 2.75) is 39.5 Å². The Morgan fingerprint density at radius 3 is 2.68 bits per heavy atom. The van der Waals surface area contributed by atoms with Crippen LogP contribution < -0.4 is 0 Å². The highest BCUT2D eigenvalue weighted by Gasteiger charge is 2.39. The molecule has 1 aromatic rings. The van der Waals surface area contributed by atoms with Crippen molar-refractivity contribution in [3.8, 4) is 0 Å². The molecule has 0 N–H and O–H groups in total. The average Bonchev–Trinajstić information content (AvgIpc) is 2.85. The van der Waals surface area contributed by atoms with Gasteiger partial charge >= 0.3 is 6.18 Å². The second-order valence-corrected chi connectivity index (χ2v) is 6.74. The molecule has 1 aliphatic heterocycles. The van der Waals surface area contributed by atoms with E-state index in [1.165, 1.54) is 0 Å². The van der Waals surface area contributed by atoms with E-state index in [4.69, 9.17) is 0 Å². The molecule has 2 rings (SSSR count). The number of carbonyl (C=O) groups excluding carboxylic acids is 1. The molecule has 0 bridgehead atoms. The van der Waals surface area contributed by atoms with Gasteiger partial charge in [0.05, 0.1) is 12.3 Å². The second kappa shape index (κ2) is 6.89. The SMILES string of the molecule is CC(C)CCSCC(=O)N1CCn2c(nnc2C(F)(F)F)C1. The van der Waals surface area contributed by atoms with Crippen molar-refractivity contribution in [1.29, 1.82) is 0 Å². The zero-order valence-electron chi connectivity index (χ0n) is 12.6. The number of hydrogen-bond acceptors (Lipinski definition) is 4. The lowest BCUT2D eigenvalue weighted by Gasteiger charge is -2.28. The first-order valence-electron chi connectivity index (χ1n) is 7.14. The highest BCUT2D eigenvalue weighted by atomic mass is 32.2. The molecule has 1 aliphatic rings. The predicted octanol–water partition coefficient (Wildman–Crippen LogP) is 2.42. The Labute approximate surface area is 131 Å². The van der Waals surface area contributed by atoms with Crippen molar-refractivity contribution in [3.05, 3.63) is 11.6 Å². The summed E-state index contributed by atoms with van der Waals surface area (Å²) in [6.07, 6.45) is -3.47. The Bertz CT molecular complexity index is 530. The van der Waals surface area contributed by atoms with Crippen LogP contribution in [0.1, 0.15) is 31.9 Å².